The number of hydrogen-bond acceptors (Lipinski definition) is 3. The Labute approximate surface area is 101 Å². The van der Waals surface area contributed by atoms with E-state index in [0.29, 0.717) is 6.41 Å². The Morgan fingerprint density at radius 3 is 2.38 bits per heavy atom. The maximum atomic E-state index is 9.43. The van der Waals surface area contributed by atoms with Gasteiger partial charge in [0.15, 0.2) is 0 Å². The summed E-state index contributed by atoms with van der Waals surface area (Å²) in [6.07, 6.45) is 0.457. The Balaban J connectivity index is 0. The maximum Gasteiger partial charge on any atom is 1.00 e. The molecule has 0 aromatic carbocycles. The van der Waals surface area contributed by atoms with Crippen molar-refractivity contribution in [1.29, 1.82) is 0 Å². The van der Waals surface area contributed by atoms with Crippen LogP contribution in [0.25, 0.3) is 0 Å². The molecular weight excluding hydrogens is 171 g/mol. The van der Waals surface area contributed by atoms with Crippen molar-refractivity contribution in [3.05, 3.63) is 0 Å². The molecule has 0 bridgehead atoms. The van der Waals surface area contributed by atoms with Crippen molar-refractivity contribution in [2.45, 2.75) is 0 Å². The Hall–Kier alpha value is 1.22. The number of hydrazine groups is 1. The van der Waals surface area contributed by atoms with Crippen molar-refractivity contribution in [2.24, 2.45) is 0 Å². The van der Waals surface area contributed by atoms with Crippen LogP contribution < -0.4 is 62.2 Å². The van der Waals surface area contributed by atoms with Gasteiger partial charge in [-0.25, -0.2) is 0 Å². The number of rotatable bonds is 2. The molecule has 0 aliphatic heterocycles. The predicted molar refractivity (Wildman–Crippen MR) is 32.3 cm³/mol. The molecule has 0 saturated heterocycles. The number of nitrogens with one attached hydrogen (secondary N) is 2. The van der Waals surface area contributed by atoms with Crippen molar-refractivity contribution in [2.75, 3.05) is 0 Å². The summed E-state index contributed by atoms with van der Waals surface area (Å²) in [6.45, 7) is 0. The molecule has 8 heavy (non-hydrogen) atoms. The van der Waals surface area contributed by atoms with Gasteiger partial charge in [0.1, 0.15) is 0 Å². The molecule has 1 amide bonds. The van der Waals surface area contributed by atoms with Gasteiger partial charge in [0.25, 0.3) is 0 Å². The van der Waals surface area contributed by atoms with Crippen LogP contribution in [-0.4, -0.2) is 10.7 Å². The Morgan fingerprint density at radius 2 is 2.25 bits per heavy atom. The quantitative estimate of drug-likeness (QED) is 0.147. The van der Waals surface area contributed by atoms with Crippen LogP contribution >= 0.6 is 12.2 Å². The van der Waals surface area contributed by atoms with Gasteiger partial charge in [-0.15, -0.1) is 0 Å². The minimum atomic E-state index is 0. The van der Waals surface area contributed by atoms with Crippen molar-refractivity contribution >= 4 is 35.6 Å². The molecule has 3 nitrogen and oxygen atoms in total. The van der Waals surface area contributed by atoms with Gasteiger partial charge in [0, 0.05) is 0 Å². The monoisotopic (exact) mass is 174 g/mol. The van der Waals surface area contributed by atoms with Crippen molar-refractivity contribution in [3.63, 3.8) is 0 Å². The Kier molecular flexibility index (Phi) is 12.3. The molecule has 0 aliphatic carbocycles. The van der Waals surface area contributed by atoms with Gasteiger partial charge < -0.3 is 30.3 Å². The number of hydrogen-bond donors (Lipinski definition) is 2. The summed E-state index contributed by atoms with van der Waals surface area (Å²) in [5.74, 6) is 0. The summed E-state index contributed by atoms with van der Waals surface area (Å²) in [7, 11) is 0. The van der Waals surface area contributed by atoms with Gasteiger partial charge in [-0.1, -0.05) is 0 Å². The maximum absolute atomic E-state index is 9.43. The number of thiocarbonyl (C=S) groups is 1. The van der Waals surface area contributed by atoms with Crippen LogP contribution in [0.2, 0.25) is 0 Å². The molecule has 0 aromatic heterocycles. The Morgan fingerprint density at radius 1 is 1.75 bits per heavy atom. The van der Waals surface area contributed by atoms with Crippen LogP contribution in [0, 0.1) is 0 Å². The van der Waals surface area contributed by atoms with Crippen LogP contribution in [0.5, 0.6) is 0 Å². The third-order valence-corrected chi connectivity index (χ3v) is 0.437. The van der Waals surface area contributed by atoms with Gasteiger partial charge in [0.05, 0.1) is 0 Å². The van der Waals surface area contributed by atoms with Gasteiger partial charge in [-0.3, -0.25) is 10.2 Å². The van der Waals surface area contributed by atoms with Crippen molar-refractivity contribution in [3.8, 4) is 0 Å². The summed E-state index contributed by atoms with van der Waals surface area (Å²) < 4.78 is 0.132. The first-order valence-corrected chi connectivity index (χ1v) is 2.25. The van der Waals surface area contributed by atoms with E-state index >= 15 is 0 Å². The zero-order valence-electron chi connectivity index (χ0n) is 4.30. The third-order valence-electron chi connectivity index (χ3n) is 0.233. The number of carbonyl (C=O) groups excluding carboxylic acids is 1. The second-order valence-corrected chi connectivity index (χ2v) is 1.75. The van der Waals surface area contributed by atoms with Crippen LogP contribution in [0.4, 0.5) is 0 Å². The smallest absolute Gasteiger partial charge is 0.410 e. The zero-order chi connectivity index (χ0) is 5.70. The van der Waals surface area contributed by atoms with E-state index in [0.717, 1.165) is 0 Å². The SMILES string of the molecule is O=CNNC(=S)[S-].[K+]. The number of carbonyl (C=O) groups is 1. The van der Waals surface area contributed by atoms with Crippen molar-refractivity contribution in [1.82, 2.24) is 10.9 Å². The molecule has 6 heteroatoms. The largest absolute Gasteiger partial charge is 1.00 e. The molecule has 0 fully saturated rings. The minimum Gasteiger partial charge on any atom is -0.410 e. The van der Waals surface area contributed by atoms with Gasteiger partial charge in [-0.05, 0) is 4.32 Å². The van der Waals surface area contributed by atoms with E-state index in [1.807, 2.05) is 0 Å². The average molecular weight is 174 g/mol. The van der Waals surface area contributed by atoms with E-state index in [2.05, 4.69) is 35.7 Å². The van der Waals surface area contributed by atoms with E-state index in [9.17, 15) is 4.79 Å². The molecule has 0 heterocycles. The van der Waals surface area contributed by atoms with Gasteiger partial charge in [0.2, 0.25) is 6.41 Å². The minimum absolute atomic E-state index is 0. The van der Waals surface area contributed by atoms with Crippen molar-refractivity contribution < 1.29 is 56.2 Å². The average Bonchev–Trinajstić information content (AvgIpc) is 1.61. The second kappa shape index (κ2) is 8.22. The number of amides is 1. The predicted octanol–water partition coefficient (Wildman–Crippen LogP) is -3.93. The van der Waals surface area contributed by atoms with E-state index in [4.69, 9.17) is 0 Å². The van der Waals surface area contributed by atoms with Crippen LogP contribution in [-0.2, 0) is 17.4 Å². The first-order valence-electron chi connectivity index (χ1n) is 1.43. The van der Waals surface area contributed by atoms with E-state index in [1.54, 1.807) is 0 Å². The summed E-state index contributed by atoms with van der Waals surface area (Å²) in [6, 6.07) is 0. The Bertz CT molecular complexity index is 88.1. The van der Waals surface area contributed by atoms with Crippen LogP contribution in [0.15, 0.2) is 0 Å². The topological polar surface area (TPSA) is 41.1 Å². The van der Waals surface area contributed by atoms with Gasteiger partial charge >= 0.3 is 51.4 Å². The zero-order valence-corrected chi connectivity index (χ0v) is 9.06. The molecule has 0 rings (SSSR count). The molecule has 2 N–H and O–H groups in total. The van der Waals surface area contributed by atoms with E-state index < -0.39 is 0 Å². The van der Waals surface area contributed by atoms with Crippen LogP contribution in [0.3, 0.4) is 0 Å². The molecule has 0 unspecified atom stereocenters. The second-order valence-electron chi connectivity index (χ2n) is 0.675. The fourth-order valence-corrected chi connectivity index (χ4v) is 0.206. The van der Waals surface area contributed by atoms with Gasteiger partial charge in [-0.2, -0.15) is 0 Å². The third kappa shape index (κ3) is 10.2. The molecule has 0 aliphatic rings. The summed E-state index contributed by atoms with van der Waals surface area (Å²) in [5.41, 5.74) is 4.30. The molecule has 0 saturated carbocycles. The first-order chi connectivity index (χ1) is 3.27. The standard InChI is InChI=1S/C2H4N2OS2.K/c5-1-3-4-2(6)7;/h1H,(H,3,5)(H2,4,6,7);/q;+1/p-1. The van der Waals surface area contributed by atoms with E-state index in [1.165, 1.54) is 0 Å². The van der Waals surface area contributed by atoms with E-state index in [-0.39, 0.29) is 55.7 Å². The van der Waals surface area contributed by atoms with Crippen LogP contribution in [0.1, 0.15) is 0 Å². The fraction of sp³-hybridized carbons (Fsp3) is 0. The molecule has 0 spiro atoms. The summed E-state index contributed by atoms with van der Waals surface area (Å²) >= 11 is 8.69. The molecule has 40 valence electrons. The molecule has 0 aromatic rings. The molecular formula is C2H3KN2OS2. The summed E-state index contributed by atoms with van der Waals surface area (Å²) in [5, 5.41) is 0. The normalized spacial score (nSPS) is 6.00. The fourth-order valence-electron chi connectivity index (χ4n) is 0.0884. The first kappa shape index (κ1) is 11.9. The molecule has 0 atom stereocenters. The molecule has 0 radical (unpaired) electrons. The summed E-state index contributed by atoms with van der Waals surface area (Å²) in [4.78, 5) is 9.43.